The van der Waals surface area contributed by atoms with Crippen molar-refractivity contribution in [1.82, 2.24) is 0 Å². The summed E-state index contributed by atoms with van der Waals surface area (Å²) in [5, 5.41) is 0. The Balaban J connectivity index is 1.55. The van der Waals surface area contributed by atoms with E-state index in [4.69, 9.17) is 4.74 Å². The Morgan fingerprint density at radius 3 is 2.54 bits per heavy atom. The number of carbonyl (C=O) groups excluding carboxylic acids is 1. The second-order valence-electron chi connectivity index (χ2n) is 6.77. The molecule has 2 aliphatic rings. The zero-order valence-corrected chi connectivity index (χ0v) is 15.2. The van der Waals surface area contributed by atoms with Crippen molar-refractivity contribution in [2.24, 2.45) is 0 Å². The smallest absolute Gasteiger partial charge is 0.302 e. The van der Waals surface area contributed by atoms with Crippen molar-refractivity contribution in [3.05, 3.63) is 42.6 Å². The molecular weight excluding hydrogens is 352 g/mol. The van der Waals surface area contributed by atoms with Crippen LogP contribution in [0.5, 0.6) is 5.75 Å². The maximum Gasteiger partial charge on any atom is 0.302 e. The molecule has 2 aromatic rings. The quantitative estimate of drug-likeness (QED) is 0.838. The summed E-state index contributed by atoms with van der Waals surface area (Å²) in [5.41, 5.74) is 1.76. The predicted octanol–water partition coefficient (Wildman–Crippen LogP) is 2.29. The lowest BCUT2D eigenvalue weighted by atomic mass is 9.96. The van der Waals surface area contributed by atoms with Crippen LogP contribution in [0, 0.1) is 0 Å². The summed E-state index contributed by atoms with van der Waals surface area (Å²) in [6.07, 6.45) is 4.69. The van der Waals surface area contributed by atoms with Gasteiger partial charge in [-0.1, -0.05) is 12.1 Å². The summed E-state index contributed by atoms with van der Waals surface area (Å²) in [6, 6.07) is 11.5. The number of sulfonamides is 1. The summed E-state index contributed by atoms with van der Waals surface area (Å²) in [6.45, 7) is 0.445. The minimum atomic E-state index is -3.28. The minimum Gasteiger partial charge on any atom is -0.490 e. The number of benzene rings is 1. The number of pyridine rings is 1. The average Bonchev–Trinajstić information content (AvgIpc) is 2.63. The molecule has 0 spiro atoms. The van der Waals surface area contributed by atoms with Gasteiger partial charge in [-0.25, -0.2) is 4.57 Å². The monoisotopic (exact) mass is 373 g/mol. The summed E-state index contributed by atoms with van der Waals surface area (Å²) >= 11 is 0. The topological polar surface area (TPSA) is 76.3 Å². The van der Waals surface area contributed by atoms with Crippen LogP contribution in [0.4, 0.5) is 5.82 Å². The molecule has 7 heteroatoms. The lowest BCUT2D eigenvalue weighted by molar-refractivity contribution is -0.679. The van der Waals surface area contributed by atoms with Gasteiger partial charge in [-0.05, 0) is 42.7 Å². The van der Waals surface area contributed by atoms with E-state index >= 15 is 0 Å². The molecular formula is C19H21N2O4S+. The number of nitrogens with one attached hydrogen (secondary N) is 1. The van der Waals surface area contributed by atoms with Gasteiger partial charge in [0.15, 0.2) is 0 Å². The second-order valence-corrected chi connectivity index (χ2v) is 8.61. The minimum absolute atomic E-state index is 0.0881. The molecule has 136 valence electrons. The fourth-order valence-electron chi connectivity index (χ4n) is 3.44. The molecule has 6 nitrogen and oxygen atoms in total. The van der Waals surface area contributed by atoms with Crippen molar-refractivity contribution in [3.63, 3.8) is 0 Å². The number of fused-ring (bicyclic) bond motifs is 1. The highest BCUT2D eigenvalue weighted by molar-refractivity contribution is 7.92. The van der Waals surface area contributed by atoms with Crippen LogP contribution in [0.25, 0.3) is 11.1 Å². The molecule has 0 unspecified atom stereocenters. The van der Waals surface area contributed by atoms with Gasteiger partial charge in [-0.3, -0.25) is 4.79 Å². The van der Waals surface area contributed by atoms with Crippen LogP contribution in [0.3, 0.4) is 0 Å². The van der Waals surface area contributed by atoms with E-state index in [9.17, 15) is 13.2 Å². The molecule has 2 heterocycles. The molecule has 1 aromatic heterocycles. The number of aryl methyl sites for hydroxylation is 1. The van der Waals surface area contributed by atoms with E-state index in [0.717, 1.165) is 29.7 Å². The molecule has 1 aromatic carbocycles. The predicted molar refractivity (Wildman–Crippen MR) is 97.4 cm³/mol. The standard InChI is InChI=1S/C19H20N2O4S/c22-15-5-9-17(10-6-15)25-16-7-3-14(4-8-16)18-2-1-11-21-12-13-26(23,24)20-19(18)21/h1-4,7-8,11,17H,5-6,9-10,12-13H2/p+1. The van der Waals surface area contributed by atoms with E-state index in [0.29, 0.717) is 31.0 Å². The Morgan fingerprint density at radius 2 is 1.81 bits per heavy atom. The molecule has 1 saturated carbocycles. The van der Waals surface area contributed by atoms with Gasteiger partial charge in [0, 0.05) is 12.8 Å². The number of carbonyl (C=O) groups is 1. The van der Waals surface area contributed by atoms with Gasteiger partial charge < -0.3 is 4.74 Å². The Morgan fingerprint density at radius 1 is 1.08 bits per heavy atom. The van der Waals surface area contributed by atoms with Crippen molar-refractivity contribution in [2.75, 3.05) is 10.5 Å². The molecule has 1 aliphatic heterocycles. The SMILES string of the molecule is O=C1CCC(Oc2ccc(-c3ccc[n+]4c3NS(=O)(=O)CC4)cc2)CC1. The molecule has 0 radical (unpaired) electrons. The lowest BCUT2D eigenvalue weighted by Gasteiger charge is -2.22. The average molecular weight is 373 g/mol. The first-order chi connectivity index (χ1) is 12.5. The van der Waals surface area contributed by atoms with E-state index in [1.54, 1.807) is 0 Å². The van der Waals surface area contributed by atoms with Gasteiger partial charge in [-0.2, -0.15) is 13.1 Å². The number of hydrogen-bond donors (Lipinski definition) is 1. The van der Waals surface area contributed by atoms with E-state index < -0.39 is 10.0 Å². The number of Topliss-reactive ketones (excluding diaryl/α,β-unsaturated/α-hetero) is 1. The summed E-state index contributed by atoms with van der Waals surface area (Å²) < 4.78 is 34.4. The first kappa shape index (κ1) is 17.0. The number of ketones is 1. The van der Waals surface area contributed by atoms with Gasteiger partial charge >= 0.3 is 10.0 Å². The van der Waals surface area contributed by atoms with Crippen molar-refractivity contribution >= 4 is 21.6 Å². The lowest BCUT2D eigenvalue weighted by Crippen LogP contribution is -2.47. The highest BCUT2D eigenvalue weighted by Crippen LogP contribution is 2.29. The largest absolute Gasteiger partial charge is 0.490 e. The fraction of sp³-hybridized carbons (Fsp3) is 0.368. The van der Waals surface area contributed by atoms with Crippen LogP contribution < -0.4 is 14.0 Å². The maximum atomic E-state index is 11.9. The third-order valence-corrected chi connectivity index (χ3v) is 6.11. The Labute approximate surface area is 152 Å². The third kappa shape index (κ3) is 3.58. The molecule has 0 atom stereocenters. The first-order valence-corrected chi connectivity index (χ1v) is 10.5. The van der Waals surface area contributed by atoms with Gasteiger partial charge in [0.25, 0.3) is 5.82 Å². The van der Waals surface area contributed by atoms with Crippen LogP contribution in [0.15, 0.2) is 42.6 Å². The second kappa shape index (κ2) is 6.72. The highest BCUT2D eigenvalue weighted by Gasteiger charge is 2.29. The van der Waals surface area contributed by atoms with Crippen molar-refractivity contribution in [1.29, 1.82) is 0 Å². The van der Waals surface area contributed by atoms with E-state index in [1.165, 1.54) is 0 Å². The van der Waals surface area contributed by atoms with Crippen LogP contribution in [0.2, 0.25) is 0 Å². The van der Waals surface area contributed by atoms with Crippen molar-refractivity contribution in [3.8, 4) is 16.9 Å². The summed E-state index contributed by atoms with van der Waals surface area (Å²) in [7, 11) is -3.28. The Bertz CT molecular complexity index is 929. The van der Waals surface area contributed by atoms with Gasteiger partial charge in [-0.15, -0.1) is 0 Å². The van der Waals surface area contributed by atoms with Gasteiger partial charge in [0.2, 0.25) is 0 Å². The summed E-state index contributed by atoms with van der Waals surface area (Å²) in [5.74, 6) is 1.77. The van der Waals surface area contributed by atoms with Crippen LogP contribution in [0.1, 0.15) is 25.7 Å². The number of anilines is 1. The van der Waals surface area contributed by atoms with E-state index in [-0.39, 0.29) is 11.9 Å². The third-order valence-electron chi connectivity index (χ3n) is 4.88. The molecule has 1 N–H and O–H groups in total. The van der Waals surface area contributed by atoms with Crippen molar-refractivity contribution in [2.45, 2.75) is 38.3 Å². The van der Waals surface area contributed by atoms with E-state index in [1.807, 2.05) is 47.2 Å². The van der Waals surface area contributed by atoms with Crippen molar-refractivity contribution < 1.29 is 22.5 Å². The maximum absolute atomic E-state index is 11.9. The molecule has 1 fully saturated rings. The van der Waals surface area contributed by atoms with Gasteiger partial charge in [0.1, 0.15) is 23.8 Å². The molecule has 1 aliphatic carbocycles. The normalized spacial score (nSPS) is 19.5. The number of hydrogen-bond acceptors (Lipinski definition) is 4. The first-order valence-electron chi connectivity index (χ1n) is 8.82. The summed E-state index contributed by atoms with van der Waals surface area (Å²) in [4.78, 5) is 11.3. The van der Waals surface area contributed by atoms with Crippen LogP contribution in [-0.2, 0) is 21.4 Å². The molecule has 4 rings (SSSR count). The number of ether oxygens (including phenoxy) is 1. The Kier molecular flexibility index (Phi) is 4.40. The number of rotatable bonds is 3. The molecule has 0 saturated heterocycles. The van der Waals surface area contributed by atoms with Crippen LogP contribution in [-0.4, -0.2) is 26.1 Å². The zero-order chi connectivity index (χ0) is 18.1. The van der Waals surface area contributed by atoms with E-state index in [2.05, 4.69) is 4.72 Å². The highest BCUT2D eigenvalue weighted by atomic mass is 32.2. The zero-order valence-electron chi connectivity index (χ0n) is 14.3. The fourth-order valence-corrected chi connectivity index (χ4v) is 4.50. The Hall–Kier alpha value is -2.41. The molecule has 0 amide bonds. The molecule has 0 bridgehead atoms. The van der Waals surface area contributed by atoms with Gasteiger partial charge in [0.05, 0.1) is 17.9 Å². The van der Waals surface area contributed by atoms with Crippen LogP contribution >= 0.6 is 0 Å². The molecule has 26 heavy (non-hydrogen) atoms. The number of nitrogens with zero attached hydrogens (tertiary/aromatic N) is 1. The number of aromatic nitrogens is 1.